The lowest BCUT2D eigenvalue weighted by Crippen LogP contribution is -2.43. The largest absolute Gasteiger partial charge is 0.349 e. The quantitative estimate of drug-likeness (QED) is 0.414. The molecule has 1 aliphatic rings. The van der Waals surface area contributed by atoms with Crippen molar-refractivity contribution in [3.05, 3.63) is 65.5 Å². The van der Waals surface area contributed by atoms with Gasteiger partial charge in [-0.1, -0.05) is 30.7 Å². The molecule has 0 saturated heterocycles. The molecule has 1 fully saturated rings. The summed E-state index contributed by atoms with van der Waals surface area (Å²) >= 11 is 0. The van der Waals surface area contributed by atoms with E-state index in [0.717, 1.165) is 12.0 Å². The van der Waals surface area contributed by atoms with Crippen LogP contribution in [-0.2, 0) is 11.3 Å². The molecule has 1 aliphatic carbocycles. The fourth-order valence-electron chi connectivity index (χ4n) is 4.15. The minimum atomic E-state index is -2.70. The Kier molecular flexibility index (Phi) is 5.94. The fraction of sp³-hybridized carbons (Fsp3) is 0.318. The summed E-state index contributed by atoms with van der Waals surface area (Å²) in [7, 11) is 0. The fourth-order valence-corrected chi connectivity index (χ4v) is 4.15. The molecule has 0 unspecified atom stereocenters. The summed E-state index contributed by atoms with van der Waals surface area (Å²) in [5.41, 5.74) is 3.93. The summed E-state index contributed by atoms with van der Waals surface area (Å²) in [5.74, 6) is -1.58. The Hall–Kier alpha value is -3.33. The first-order valence-electron chi connectivity index (χ1n) is 10.0. The molecular weight excluding hydrogens is 406 g/mol. The highest BCUT2D eigenvalue weighted by Crippen LogP contribution is 2.27. The van der Waals surface area contributed by atoms with Crippen molar-refractivity contribution in [2.45, 2.75) is 38.3 Å². The topological polar surface area (TPSA) is 96.3 Å². The first-order chi connectivity index (χ1) is 15.0. The Balaban J connectivity index is 1.49. The van der Waals surface area contributed by atoms with Crippen molar-refractivity contribution in [2.24, 2.45) is 5.92 Å². The molecule has 2 amide bonds. The van der Waals surface area contributed by atoms with E-state index in [2.05, 4.69) is 10.3 Å². The molecule has 9 heteroatoms. The lowest BCUT2D eigenvalue weighted by atomic mass is 10.0. The van der Waals surface area contributed by atoms with Crippen molar-refractivity contribution in [3.8, 4) is 0 Å². The van der Waals surface area contributed by atoms with E-state index in [0.29, 0.717) is 29.4 Å². The van der Waals surface area contributed by atoms with Crippen LogP contribution < -0.4 is 10.8 Å². The minimum Gasteiger partial charge on any atom is -0.349 e. The number of imidazole rings is 1. The van der Waals surface area contributed by atoms with Gasteiger partial charge in [0.2, 0.25) is 5.91 Å². The molecule has 0 spiro atoms. The second kappa shape index (κ2) is 8.81. The summed E-state index contributed by atoms with van der Waals surface area (Å²) in [6, 6.07) is 13.3. The number of carbonyl (C=O) groups is 2. The number of alkyl halides is 2. The number of amides is 2. The molecule has 2 atom stereocenters. The third-order valence-corrected chi connectivity index (χ3v) is 5.72. The van der Waals surface area contributed by atoms with Crippen molar-refractivity contribution in [2.75, 3.05) is 0 Å². The number of fused-ring (bicyclic) bond motifs is 1. The van der Waals surface area contributed by atoms with Crippen LogP contribution in [0.2, 0.25) is 0 Å². The smallest absolute Gasteiger partial charge is 0.295 e. The number of halogens is 2. The Bertz CT molecular complexity index is 1100. The number of hydroxylamine groups is 1. The monoisotopic (exact) mass is 428 g/mol. The van der Waals surface area contributed by atoms with E-state index in [9.17, 15) is 18.4 Å². The van der Waals surface area contributed by atoms with E-state index in [-0.39, 0.29) is 24.3 Å². The van der Waals surface area contributed by atoms with Crippen molar-refractivity contribution in [1.29, 1.82) is 0 Å². The predicted octanol–water partition coefficient (Wildman–Crippen LogP) is 3.43. The number of benzene rings is 2. The molecule has 7 nitrogen and oxygen atoms in total. The Labute approximate surface area is 177 Å². The Morgan fingerprint density at radius 1 is 1.13 bits per heavy atom. The van der Waals surface area contributed by atoms with Gasteiger partial charge in [-0.15, -0.1) is 0 Å². The highest BCUT2D eigenvalue weighted by Gasteiger charge is 2.34. The van der Waals surface area contributed by atoms with Crippen LogP contribution in [-0.4, -0.2) is 32.6 Å². The number of rotatable bonds is 6. The predicted molar refractivity (Wildman–Crippen MR) is 109 cm³/mol. The molecule has 1 heterocycles. The molecule has 0 aliphatic heterocycles. The van der Waals surface area contributed by atoms with Crippen LogP contribution in [0.4, 0.5) is 8.78 Å². The van der Waals surface area contributed by atoms with Gasteiger partial charge in [0.1, 0.15) is 0 Å². The highest BCUT2D eigenvalue weighted by molar-refractivity contribution is 5.95. The van der Waals surface area contributed by atoms with Crippen molar-refractivity contribution < 1.29 is 23.6 Å². The Morgan fingerprint density at radius 2 is 1.87 bits per heavy atom. The molecule has 3 N–H and O–H groups in total. The summed E-state index contributed by atoms with van der Waals surface area (Å²) in [4.78, 5) is 28.4. The van der Waals surface area contributed by atoms with E-state index in [1.165, 1.54) is 4.57 Å². The van der Waals surface area contributed by atoms with Crippen molar-refractivity contribution in [1.82, 2.24) is 20.3 Å². The van der Waals surface area contributed by atoms with Gasteiger partial charge in [-0.05, 0) is 42.7 Å². The normalized spacial score (nSPS) is 18.5. The average molecular weight is 428 g/mol. The van der Waals surface area contributed by atoms with Crippen molar-refractivity contribution in [3.63, 3.8) is 0 Å². The molecule has 0 bridgehead atoms. The zero-order valence-electron chi connectivity index (χ0n) is 16.6. The highest BCUT2D eigenvalue weighted by atomic mass is 19.3. The number of hydrogen-bond donors (Lipinski definition) is 3. The van der Waals surface area contributed by atoms with Crippen LogP contribution in [0, 0.1) is 5.92 Å². The number of para-hydroxylation sites is 2. The van der Waals surface area contributed by atoms with Gasteiger partial charge >= 0.3 is 0 Å². The lowest BCUT2D eigenvalue weighted by Gasteiger charge is -2.19. The van der Waals surface area contributed by atoms with Crippen LogP contribution in [0.1, 0.15) is 47.4 Å². The third kappa shape index (κ3) is 4.27. The maximum Gasteiger partial charge on any atom is 0.295 e. The maximum atomic E-state index is 13.5. The van der Waals surface area contributed by atoms with E-state index in [4.69, 9.17) is 5.21 Å². The summed E-state index contributed by atoms with van der Waals surface area (Å²) in [6.45, 7) is 0.198. The number of hydrogen-bond acceptors (Lipinski definition) is 4. The van der Waals surface area contributed by atoms with E-state index >= 15 is 0 Å². The standard InChI is InChI=1S/C22H22F2N4O3/c23-19(24)20-25-17-5-1-2-7-18(17)28(20)12-13-8-10-14(11-9-13)21(29)26-16-6-3-4-15(16)22(30)27-31/h1-2,5,7-11,15-16,19,31H,3-4,6,12H2,(H,26,29)(H,27,30)/t15-,16+/m1/s1. The Morgan fingerprint density at radius 3 is 2.58 bits per heavy atom. The SMILES string of the molecule is O=C(N[C@H]1CCC[C@H]1C(=O)NO)c1ccc(Cn2c(C(F)F)nc3ccccc32)cc1. The van der Waals surface area contributed by atoms with Gasteiger partial charge in [0.15, 0.2) is 5.82 Å². The third-order valence-electron chi connectivity index (χ3n) is 5.72. The number of nitrogens with zero attached hydrogens (tertiary/aromatic N) is 2. The van der Waals surface area contributed by atoms with Gasteiger partial charge in [0.05, 0.1) is 17.0 Å². The summed E-state index contributed by atoms with van der Waals surface area (Å²) < 4.78 is 28.4. The molecule has 162 valence electrons. The van der Waals surface area contributed by atoms with E-state index in [1.54, 1.807) is 54.0 Å². The molecule has 2 aromatic carbocycles. The van der Waals surface area contributed by atoms with Gasteiger partial charge < -0.3 is 9.88 Å². The number of nitrogens with one attached hydrogen (secondary N) is 2. The van der Waals surface area contributed by atoms with Crippen LogP contribution in [0.3, 0.4) is 0 Å². The second-order valence-electron chi connectivity index (χ2n) is 7.64. The minimum absolute atomic E-state index is 0.198. The number of aromatic nitrogens is 2. The van der Waals surface area contributed by atoms with E-state index in [1.807, 2.05) is 0 Å². The van der Waals surface area contributed by atoms with Gasteiger partial charge in [0, 0.05) is 18.2 Å². The zero-order chi connectivity index (χ0) is 22.0. The van der Waals surface area contributed by atoms with Gasteiger partial charge in [0.25, 0.3) is 12.3 Å². The van der Waals surface area contributed by atoms with Gasteiger partial charge in [-0.3, -0.25) is 14.8 Å². The van der Waals surface area contributed by atoms with Crippen molar-refractivity contribution >= 4 is 22.8 Å². The van der Waals surface area contributed by atoms with Crippen LogP contribution in [0.15, 0.2) is 48.5 Å². The molecule has 1 aromatic heterocycles. The molecular formula is C22H22F2N4O3. The zero-order valence-corrected chi connectivity index (χ0v) is 16.6. The van der Waals surface area contributed by atoms with Gasteiger partial charge in [-0.25, -0.2) is 19.2 Å². The number of carbonyl (C=O) groups excluding carboxylic acids is 2. The van der Waals surface area contributed by atoms with Crippen LogP contribution in [0.5, 0.6) is 0 Å². The first kappa shape index (κ1) is 20.9. The molecule has 31 heavy (non-hydrogen) atoms. The van der Waals surface area contributed by atoms with E-state index < -0.39 is 18.3 Å². The lowest BCUT2D eigenvalue weighted by molar-refractivity contribution is -0.133. The maximum absolute atomic E-state index is 13.5. The average Bonchev–Trinajstić information content (AvgIpc) is 3.38. The first-order valence-corrected chi connectivity index (χ1v) is 10.0. The molecule has 3 aromatic rings. The molecule has 0 radical (unpaired) electrons. The summed E-state index contributed by atoms with van der Waals surface area (Å²) in [6.07, 6.45) is -0.658. The molecule has 1 saturated carbocycles. The van der Waals surface area contributed by atoms with Crippen LogP contribution >= 0.6 is 0 Å². The summed E-state index contributed by atoms with van der Waals surface area (Å²) in [5, 5.41) is 11.7. The van der Waals surface area contributed by atoms with Crippen LogP contribution in [0.25, 0.3) is 11.0 Å². The second-order valence-corrected chi connectivity index (χ2v) is 7.64. The molecule has 4 rings (SSSR count). The van der Waals surface area contributed by atoms with Gasteiger partial charge in [-0.2, -0.15) is 0 Å².